The van der Waals surface area contributed by atoms with Crippen LogP contribution >= 0.6 is 0 Å². The van der Waals surface area contributed by atoms with Crippen LogP contribution in [0.4, 0.5) is 4.39 Å². The van der Waals surface area contributed by atoms with Gasteiger partial charge in [0.15, 0.2) is 11.5 Å². The van der Waals surface area contributed by atoms with E-state index in [9.17, 15) is 9.50 Å². The Morgan fingerprint density at radius 1 is 1.13 bits per heavy atom. The molecule has 5 heteroatoms. The normalized spacial score (nSPS) is 26.9. The van der Waals surface area contributed by atoms with E-state index in [1.54, 1.807) is 6.07 Å². The quantitative estimate of drug-likeness (QED) is 0.925. The lowest BCUT2D eigenvalue weighted by molar-refractivity contribution is -0.0421. The Balaban J connectivity index is 1.60. The fourth-order valence-electron chi connectivity index (χ4n) is 3.75. The standard InChI is InChI=1S/C18H26FNO3/c1-22-18-11-13(19)7-8-17(18)23-16-9-10-20(12-15(16)21)14-5-3-2-4-6-14/h7-8,11,14-16,21H,2-6,9-10,12H2,1H3/t15-,16-/m1/s1. The predicted molar refractivity (Wildman–Crippen MR) is 86.4 cm³/mol. The van der Waals surface area contributed by atoms with Crippen molar-refractivity contribution in [3.63, 3.8) is 0 Å². The zero-order valence-electron chi connectivity index (χ0n) is 13.7. The van der Waals surface area contributed by atoms with E-state index in [4.69, 9.17) is 9.47 Å². The third-order valence-electron chi connectivity index (χ3n) is 5.05. The number of rotatable bonds is 4. The lowest BCUT2D eigenvalue weighted by Gasteiger charge is -2.41. The van der Waals surface area contributed by atoms with Gasteiger partial charge in [-0.05, 0) is 31.4 Å². The Hall–Kier alpha value is -1.33. The van der Waals surface area contributed by atoms with E-state index in [0.29, 0.717) is 24.1 Å². The molecule has 2 atom stereocenters. The molecular weight excluding hydrogens is 297 g/mol. The number of ether oxygens (including phenoxy) is 2. The third kappa shape index (κ3) is 3.96. The van der Waals surface area contributed by atoms with Crippen molar-refractivity contribution < 1.29 is 19.0 Å². The largest absolute Gasteiger partial charge is 0.493 e. The summed E-state index contributed by atoms with van der Waals surface area (Å²) < 4.78 is 24.3. The molecule has 3 rings (SSSR count). The van der Waals surface area contributed by atoms with Gasteiger partial charge in [-0.2, -0.15) is 0 Å². The van der Waals surface area contributed by atoms with E-state index in [-0.39, 0.29) is 11.9 Å². The molecule has 0 amide bonds. The molecule has 128 valence electrons. The number of β-amino-alcohol motifs (C(OH)–C–C–N with tert-alkyl or cyclic N) is 1. The zero-order chi connectivity index (χ0) is 16.2. The SMILES string of the molecule is COc1cc(F)ccc1O[C@@H]1CCN(C2CCCCC2)C[C@H]1O. The van der Waals surface area contributed by atoms with E-state index in [0.717, 1.165) is 13.0 Å². The number of hydrogen-bond donors (Lipinski definition) is 1. The van der Waals surface area contributed by atoms with Crippen LogP contribution in [0.3, 0.4) is 0 Å². The summed E-state index contributed by atoms with van der Waals surface area (Å²) in [5.74, 6) is 0.498. The molecule has 1 aromatic carbocycles. The first-order valence-corrected chi connectivity index (χ1v) is 8.59. The predicted octanol–water partition coefficient (Wildman–Crippen LogP) is 2.98. The second-order valence-corrected chi connectivity index (χ2v) is 6.59. The molecule has 1 N–H and O–H groups in total. The van der Waals surface area contributed by atoms with Crippen molar-refractivity contribution in [3.05, 3.63) is 24.0 Å². The lowest BCUT2D eigenvalue weighted by Crippen LogP contribution is -2.52. The topological polar surface area (TPSA) is 41.9 Å². The number of nitrogens with zero attached hydrogens (tertiary/aromatic N) is 1. The van der Waals surface area contributed by atoms with Crippen LogP contribution in [0.1, 0.15) is 38.5 Å². The minimum atomic E-state index is -0.527. The van der Waals surface area contributed by atoms with Gasteiger partial charge in [0.05, 0.1) is 7.11 Å². The van der Waals surface area contributed by atoms with Gasteiger partial charge in [0, 0.05) is 25.2 Å². The maximum absolute atomic E-state index is 13.3. The molecule has 1 aliphatic carbocycles. The Labute approximate surface area is 137 Å². The molecule has 23 heavy (non-hydrogen) atoms. The van der Waals surface area contributed by atoms with Crippen LogP contribution in [0, 0.1) is 5.82 Å². The maximum Gasteiger partial charge on any atom is 0.163 e. The summed E-state index contributed by atoms with van der Waals surface area (Å²) in [6.07, 6.45) is 6.39. The summed E-state index contributed by atoms with van der Waals surface area (Å²) in [5.41, 5.74) is 0. The first kappa shape index (κ1) is 16.5. The van der Waals surface area contributed by atoms with Crippen LogP contribution in [0.5, 0.6) is 11.5 Å². The Bertz CT molecular complexity index is 519. The lowest BCUT2D eigenvalue weighted by atomic mass is 9.92. The number of aliphatic hydroxyl groups excluding tert-OH is 1. The Morgan fingerprint density at radius 2 is 1.91 bits per heavy atom. The minimum absolute atomic E-state index is 0.269. The van der Waals surface area contributed by atoms with Gasteiger partial charge >= 0.3 is 0 Å². The molecule has 2 aliphatic rings. The van der Waals surface area contributed by atoms with E-state index in [2.05, 4.69) is 4.90 Å². The highest BCUT2D eigenvalue weighted by atomic mass is 19.1. The molecule has 1 aliphatic heterocycles. The van der Waals surface area contributed by atoms with E-state index in [1.807, 2.05) is 0 Å². The van der Waals surface area contributed by atoms with Crippen LogP contribution in [0.2, 0.25) is 0 Å². The molecule has 1 saturated heterocycles. The number of aliphatic hydroxyl groups is 1. The first-order chi connectivity index (χ1) is 11.2. The summed E-state index contributed by atoms with van der Waals surface area (Å²) >= 11 is 0. The first-order valence-electron chi connectivity index (χ1n) is 8.59. The summed E-state index contributed by atoms with van der Waals surface area (Å²) in [6, 6.07) is 4.83. The van der Waals surface area contributed by atoms with Crippen molar-refractivity contribution in [1.29, 1.82) is 0 Å². The molecule has 1 heterocycles. The Kier molecular flexibility index (Phi) is 5.38. The number of benzene rings is 1. The monoisotopic (exact) mass is 323 g/mol. The molecule has 0 bridgehead atoms. The van der Waals surface area contributed by atoms with E-state index >= 15 is 0 Å². The summed E-state index contributed by atoms with van der Waals surface area (Å²) in [7, 11) is 1.49. The number of halogens is 1. The average Bonchev–Trinajstić information content (AvgIpc) is 2.58. The fraction of sp³-hybridized carbons (Fsp3) is 0.667. The van der Waals surface area contributed by atoms with E-state index in [1.165, 1.54) is 51.3 Å². The number of hydrogen-bond acceptors (Lipinski definition) is 4. The number of likely N-dealkylation sites (tertiary alicyclic amines) is 1. The van der Waals surface area contributed by atoms with Crippen molar-refractivity contribution in [2.24, 2.45) is 0 Å². The molecule has 0 aromatic heterocycles. The van der Waals surface area contributed by atoms with Crippen LogP contribution in [0.25, 0.3) is 0 Å². The van der Waals surface area contributed by atoms with Gasteiger partial charge in [0.2, 0.25) is 0 Å². The average molecular weight is 323 g/mol. The van der Waals surface area contributed by atoms with Gasteiger partial charge in [-0.25, -0.2) is 4.39 Å². The smallest absolute Gasteiger partial charge is 0.163 e. The van der Waals surface area contributed by atoms with Crippen molar-refractivity contribution in [3.8, 4) is 11.5 Å². The van der Waals surface area contributed by atoms with Crippen molar-refractivity contribution in [1.82, 2.24) is 4.90 Å². The van der Waals surface area contributed by atoms with Crippen LogP contribution < -0.4 is 9.47 Å². The van der Waals surface area contributed by atoms with Gasteiger partial charge in [-0.1, -0.05) is 19.3 Å². The zero-order valence-corrected chi connectivity index (χ0v) is 13.7. The van der Waals surface area contributed by atoms with Gasteiger partial charge in [0.25, 0.3) is 0 Å². The summed E-state index contributed by atoms with van der Waals surface area (Å²) in [5, 5.41) is 10.5. The molecule has 0 unspecified atom stereocenters. The summed E-state index contributed by atoms with van der Waals surface area (Å²) in [4.78, 5) is 2.41. The molecule has 0 spiro atoms. The molecule has 2 fully saturated rings. The van der Waals surface area contributed by atoms with Crippen molar-refractivity contribution in [2.45, 2.75) is 56.8 Å². The van der Waals surface area contributed by atoms with Gasteiger partial charge in [0.1, 0.15) is 18.0 Å². The molecule has 0 radical (unpaired) electrons. The highest BCUT2D eigenvalue weighted by Crippen LogP contribution is 2.31. The molecule has 1 saturated carbocycles. The number of piperidine rings is 1. The fourth-order valence-corrected chi connectivity index (χ4v) is 3.75. The molecule has 4 nitrogen and oxygen atoms in total. The molecular formula is C18H26FNO3. The van der Waals surface area contributed by atoms with Crippen molar-refractivity contribution in [2.75, 3.05) is 20.2 Å². The highest BCUT2D eigenvalue weighted by Gasteiger charge is 2.33. The van der Waals surface area contributed by atoms with Crippen LogP contribution in [-0.2, 0) is 0 Å². The number of methoxy groups -OCH3 is 1. The van der Waals surface area contributed by atoms with E-state index < -0.39 is 6.10 Å². The minimum Gasteiger partial charge on any atom is -0.493 e. The second kappa shape index (κ2) is 7.49. The van der Waals surface area contributed by atoms with Gasteiger partial charge < -0.3 is 14.6 Å². The summed E-state index contributed by atoms with van der Waals surface area (Å²) in [6.45, 7) is 1.59. The third-order valence-corrected chi connectivity index (χ3v) is 5.05. The highest BCUT2D eigenvalue weighted by molar-refractivity contribution is 5.40. The maximum atomic E-state index is 13.3. The van der Waals surface area contributed by atoms with Crippen LogP contribution in [-0.4, -0.2) is 48.5 Å². The van der Waals surface area contributed by atoms with Crippen molar-refractivity contribution >= 4 is 0 Å². The second-order valence-electron chi connectivity index (χ2n) is 6.59. The van der Waals surface area contributed by atoms with Gasteiger partial charge in [-0.3, -0.25) is 4.90 Å². The Morgan fingerprint density at radius 3 is 2.61 bits per heavy atom. The van der Waals surface area contributed by atoms with Gasteiger partial charge in [-0.15, -0.1) is 0 Å². The molecule has 1 aromatic rings. The van der Waals surface area contributed by atoms with Crippen LogP contribution in [0.15, 0.2) is 18.2 Å².